The number of primary amides is 1. The fourth-order valence-electron chi connectivity index (χ4n) is 9.40. The molecule has 368 valence electrons. The highest BCUT2D eigenvalue weighted by molar-refractivity contribution is 6.74. The molecular formula is C49H89N5O9Si. The minimum absolute atomic E-state index is 0.0285. The average Bonchev–Trinajstić information content (AvgIpc) is 3.72. The van der Waals surface area contributed by atoms with Gasteiger partial charge in [-0.1, -0.05) is 99.1 Å². The number of likely N-dealkylation sites (tertiary alicyclic amines) is 1. The SMILES string of the molecule is CC[C@H](C)[C@@H]([C@@H](CC(=O)N1CCC[C@H]1[C@H](OC)[C@@H](C)C(=O)N[C@H](C)[C@@H](O)c1ccccc1)OC)N(C)C(=O)[C@@H](CC(C)(C)[Si](C)(C)OCCOCCN(C)C(C(N)=O)C(C)C)C(C)C. The Kier molecular flexibility index (Phi) is 23.6. The molecule has 1 aliphatic heterocycles. The van der Waals surface area contributed by atoms with Crippen molar-refractivity contribution in [3.8, 4) is 0 Å². The molecule has 0 aliphatic carbocycles. The summed E-state index contributed by atoms with van der Waals surface area (Å²) < 4.78 is 24.6. The number of aliphatic hydroxyl groups excluding tert-OH is 1. The van der Waals surface area contributed by atoms with Gasteiger partial charge in [-0.05, 0) is 74.7 Å². The van der Waals surface area contributed by atoms with E-state index in [0.717, 1.165) is 12.8 Å². The van der Waals surface area contributed by atoms with Gasteiger partial charge in [0, 0.05) is 40.3 Å². The van der Waals surface area contributed by atoms with E-state index < -0.39 is 38.6 Å². The molecule has 0 saturated carbocycles. The van der Waals surface area contributed by atoms with Crippen LogP contribution in [0, 0.1) is 29.6 Å². The Hall–Kier alpha value is -2.92. The molecule has 4 amide bonds. The molecule has 1 unspecified atom stereocenters. The van der Waals surface area contributed by atoms with E-state index in [1.54, 1.807) is 28.1 Å². The second-order valence-electron chi connectivity index (χ2n) is 20.2. The Morgan fingerprint density at radius 3 is 2.11 bits per heavy atom. The number of carbonyl (C=O) groups excluding carboxylic acids is 4. The first-order valence-corrected chi connectivity index (χ1v) is 26.7. The minimum Gasteiger partial charge on any atom is -0.414 e. The molecule has 1 aliphatic rings. The minimum atomic E-state index is -2.38. The highest BCUT2D eigenvalue weighted by Crippen LogP contribution is 2.45. The third-order valence-corrected chi connectivity index (χ3v) is 18.8. The van der Waals surface area contributed by atoms with Crippen molar-refractivity contribution < 1.29 is 42.9 Å². The number of benzene rings is 1. The van der Waals surface area contributed by atoms with Crippen LogP contribution in [0.5, 0.6) is 0 Å². The summed E-state index contributed by atoms with van der Waals surface area (Å²) in [4.78, 5) is 60.3. The van der Waals surface area contributed by atoms with Crippen molar-refractivity contribution in [3.63, 3.8) is 0 Å². The number of methoxy groups -OCH3 is 2. The van der Waals surface area contributed by atoms with E-state index in [1.807, 2.05) is 73.0 Å². The summed E-state index contributed by atoms with van der Waals surface area (Å²) in [5, 5.41) is 13.6. The molecule has 0 bridgehead atoms. The molecule has 1 aromatic rings. The van der Waals surface area contributed by atoms with Crippen LogP contribution in [0.2, 0.25) is 18.1 Å². The summed E-state index contributed by atoms with van der Waals surface area (Å²) in [7, 11) is 4.55. The molecule has 1 fully saturated rings. The van der Waals surface area contributed by atoms with Crippen LogP contribution in [0.3, 0.4) is 0 Å². The highest BCUT2D eigenvalue weighted by atomic mass is 28.4. The Labute approximate surface area is 388 Å². The van der Waals surface area contributed by atoms with E-state index >= 15 is 0 Å². The van der Waals surface area contributed by atoms with E-state index in [0.29, 0.717) is 51.3 Å². The van der Waals surface area contributed by atoms with Crippen molar-refractivity contribution in [1.29, 1.82) is 0 Å². The molecule has 1 saturated heterocycles. The third-order valence-electron chi connectivity index (χ3n) is 14.4. The molecule has 4 N–H and O–H groups in total. The summed E-state index contributed by atoms with van der Waals surface area (Å²) in [6, 6.07) is 7.65. The van der Waals surface area contributed by atoms with Crippen molar-refractivity contribution >= 4 is 31.9 Å². The van der Waals surface area contributed by atoms with Crippen LogP contribution in [0.25, 0.3) is 0 Å². The van der Waals surface area contributed by atoms with Gasteiger partial charge in [0.15, 0.2) is 8.32 Å². The van der Waals surface area contributed by atoms with Gasteiger partial charge in [0.2, 0.25) is 23.6 Å². The number of ether oxygens (including phenoxy) is 3. The summed E-state index contributed by atoms with van der Waals surface area (Å²) in [5.41, 5.74) is 6.33. The number of hydrogen-bond donors (Lipinski definition) is 3. The Bertz CT molecular complexity index is 1580. The lowest BCUT2D eigenvalue weighted by Gasteiger charge is -2.44. The monoisotopic (exact) mass is 920 g/mol. The first-order chi connectivity index (χ1) is 29.9. The lowest BCUT2D eigenvalue weighted by Crippen LogP contribution is -2.55. The Balaban J connectivity index is 2.16. The number of amides is 4. The van der Waals surface area contributed by atoms with Crippen LogP contribution < -0.4 is 11.1 Å². The van der Waals surface area contributed by atoms with E-state index in [2.05, 4.69) is 60.0 Å². The Morgan fingerprint density at radius 1 is 0.953 bits per heavy atom. The molecular weight excluding hydrogens is 831 g/mol. The van der Waals surface area contributed by atoms with Gasteiger partial charge in [0.1, 0.15) is 0 Å². The Morgan fingerprint density at radius 2 is 1.58 bits per heavy atom. The maximum absolute atomic E-state index is 14.8. The van der Waals surface area contributed by atoms with Gasteiger partial charge in [-0.3, -0.25) is 24.1 Å². The lowest BCUT2D eigenvalue weighted by atomic mass is 9.84. The third kappa shape index (κ3) is 15.6. The first kappa shape index (κ1) is 57.2. The summed E-state index contributed by atoms with van der Waals surface area (Å²) in [6.45, 7) is 27.2. The van der Waals surface area contributed by atoms with Crippen LogP contribution in [0.1, 0.15) is 113 Å². The van der Waals surface area contributed by atoms with Gasteiger partial charge in [0.25, 0.3) is 0 Å². The molecule has 2 rings (SSSR count). The molecule has 14 nitrogen and oxygen atoms in total. The quantitative estimate of drug-likeness (QED) is 0.0615. The topological polar surface area (TPSA) is 173 Å². The molecule has 15 heteroatoms. The standard InChI is InChI=1S/C49H89N5O9Si/c1-17-34(6)43(53(12)48(59)38(32(2)3)31-49(9,10)64(15,16)63-29-28-62-27-26-52(11)42(33(4)5)46(50)57)40(60-13)30-41(55)54-25-21-24-39(54)45(61-14)35(7)47(58)51-36(8)44(56)37-22-19-18-20-23-37/h18-20,22-23,32-36,38-40,42-45,56H,17,21,24-31H2,1-16H3,(H2,50,57)(H,51,58)/t34-,35+,36+,38-,39-,40+,42?,43-,44+,45+/m0/s1. The largest absolute Gasteiger partial charge is 0.414 e. The second-order valence-corrected chi connectivity index (χ2v) is 24.9. The van der Waals surface area contributed by atoms with Crippen molar-refractivity contribution in [1.82, 2.24) is 20.0 Å². The van der Waals surface area contributed by atoms with Crippen LogP contribution in [0.4, 0.5) is 0 Å². The summed E-state index contributed by atoms with van der Waals surface area (Å²) in [6.07, 6.45) is 0.940. The lowest BCUT2D eigenvalue weighted by molar-refractivity contribution is -0.148. The van der Waals surface area contributed by atoms with E-state index in [-0.39, 0.29) is 76.9 Å². The van der Waals surface area contributed by atoms with Crippen LogP contribution >= 0.6 is 0 Å². The molecule has 64 heavy (non-hydrogen) atoms. The zero-order chi connectivity index (χ0) is 48.7. The molecule has 1 aromatic carbocycles. The number of rotatable bonds is 29. The van der Waals surface area contributed by atoms with Crippen LogP contribution in [-0.4, -0.2) is 149 Å². The van der Waals surface area contributed by atoms with Gasteiger partial charge < -0.3 is 44.6 Å². The van der Waals surface area contributed by atoms with Crippen molar-refractivity contribution in [2.45, 2.75) is 162 Å². The van der Waals surface area contributed by atoms with Gasteiger partial charge in [-0.15, -0.1) is 0 Å². The van der Waals surface area contributed by atoms with E-state index in [9.17, 15) is 24.3 Å². The molecule has 0 aromatic heterocycles. The number of nitrogens with two attached hydrogens (primary N) is 1. The molecule has 0 radical (unpaired) electrons. The zero-order valence-corrected chi connectivity index (χ0v) is 43.5. The maximum Gasteiger partial charge on any atom is 0.235 e. The number of aliphatic hydroxyl groups is 1. The maximum atomic E-state index is 14.8. The van der Waals surface area contributed by atoms with Gasteiger partial charge >= 0.3 is 0 Å². The normalized spacial score (nSPS) is 19.2. The van der Waals surface area contributed by atoms with Gasteiger partial charge in [-0.2, -0.15) is 0 Å². The van der Waals surface area contributed by atoms with E-state index in [4.69, 9.17) is 24.4 Å². The van der Waals surface area contributed by atoms with Crippen LogP contribution in [0.15, 0.2) is 30.3 Å². The van der Waals surface area contributed by atoms with Crippen molar-refractivity contribution in [2.75, 3.05) is 61.2 Å². The van der Waals surface area contributed by atoms with Crippen molar-refractivity contribution in [3.05, 3.63) is 35.9 Å². The highest BCUT2D eigenvalue weighted by Gasteiger charge is 2.47. The smallest absolute Gasteiger partial charge is 0.235 e. The average molecular weight is 920 g/mol. The van der Waals surface area contributed by atoms with Crippen LogP contribution in [-0.2, 0) is 37.8 Å². The second kappa shape index (κ2) is 26.4. The molecule has 10 atom stereocenters. The van der Waals surface area contributed by atoms with Gasteiger partial charge in [-0.25, -0.2) is 0 Å². The first-order valence-electron chi connectivity index (χ1n) is 23.7. The van der Waals surface area contributed by atoms with Gasteiger partial charge in [0.05, 0.1) is 74.6 Å². The molecule has 0 spiro atoms. The molecule has 1 heterocycles. The number of carbonyl (C=O) groups is 4. The van der Waals surface area contributed by atoms with Crippen molar-refractivity contribution in [2.24, 2.45) is 35.3 Å². The number of nitrogens with zero attached hydrogens (tertiary/aromatic N) is 3. The fourth-order valence-corrected chi connectivity index (χ4v) is 11.1. The number of nitrogens with one attached hydrogen (secondary N) is 1. The number of likely N-dealkylation sites (N-methyl/N-ethyl adjacent to an activating group) is 2. The van der Waals surface area contributed by atoms with E-state index in [1.165, 1.54) is 0 Å². The predicted octanol–water partition coefficient (Wildman–Crippen LogP) is 6.27. The number of hydrogen-bond acceptors (Lipinski definition) is 10. The predicted molar refractivity (Wildman–Crippen MR) is 257 cm³/mol. The fraction of sp³-hybridized carbons (Fsp3) is 0.796. The zero-order valence-electron chi connectivity index (χ0n) is 42.5. The summed E-state index contributed by atoms with van der Waals surface area (Å²) in [5.74, 6) is -1.37. The summed E-state index contributed by atoms with van der Waals surface area (Å²) >= 11 is 0.